The molecular formula is C36H37F3N6O3. The first kappa shape index (κ1) is 34.5. The zero-order valence-electron chi connectivity index (χ0n) is 26.8. The van der Waals surface area contributed by atoms with Crippen molar-refractivity contribution in [1.82, 2.24) is 25.3 Å². The molecule has 0 bridgehead atoms. The molecule has 4 aromatic rings. The third-order valence-corrected chi connectivity index (χ3v) is 8.93. The molecule has 48 heavy (non-hydrogen) atoms. The number of carbonyl (C=O) groups is 3. The van der Waals surface area contributed by atoms with Gasteiger partial charge in [0.2, 0.25) is 0 Å². The molecule has 12 heteroatoms. The van der Waals surface area contributed by atoms with Gasteiger partial charge < -0.3 is 11.1 Å². The summed E-state index contributed by atoms with van der Waals surface area (Å²) in [5, 5.41) is 1.54. The van der Waals surface area contributed by atoms with Crippen molar-refractivity contribution in [3.63, 3.8) is 0 Å². The summed E-state index contributed by atoms with van der Waals surface area (Å²) in [6, 6.07) is 17.0. The Morgan fingerprint density at radius 1 is 0.688 bits per heavy atom. The largest absolute Gasteiger partial charge is 0.471 e. The number of Topliss-reactive ketones (excluding diaryl/α,β-unsaturated/α-hetero) is 2. The van der Waals surface area contributed by atoms with Crippen LogP contribution in [0.5, 0.6) is 0 Å². The Labute approximate surface area is 276 Å². The molecule has 250 valence electrons. The summed E-state index contributed by atoms with van der Waals surface area (Å²) >= 11 is 0. The standard InChI is InChI=1S/C19H18F3N3O2.C17H19N3O/c1-12-2-4-14(5-3-12)18(6-7-18)8-16-23-9-13(10-24-16)15(26)11-25-17(27)19(20,21)22;1-12-2-4-14(5-3-12)17(6-7-17)8-16-19-10-13(11-20-16)15(21)9-18/h2-5,9-10H,6-8,11H2,1H3,(H,25,27);2-5,10-11H,6-9,18H2,1H3. The maximum Gasteiger partial charge on any atom is 0.471 e. The number of amides is 1. The van der Waals surface area contributed by atoms with Gasteiger partial charge in [-0.25, -0.2) is 19.9 Å². The molecule has 2 aromatic heterocycles. The van der Waals surface area contributed by atoms with Crippen LogP contribution in [0.25, 0.3) is 0 Å². The van der Waals surface area contributed by atoms with E-state index in [2.05, 4.69) is 75.4 Å². The second kappa shape index (κ2) is 14.1. The second-order valence-electron chi connectivity index (χ2n) is 12.7. The molecule has 2 aromatic carbocycles. The van der Waals surface area contributed by atoms with E-state index in [-0.39, 0.29) is 28.7 Å². The van der Waals surface area contributed by atoms with E-state index in [0.29, 0.717) is 17.8 Å². The molecule has 1 amide bonds. The minimum atomic E-state index is -5.02. The van der Waals surface area contributed by atoms with E-state index in [1.807, 2.05) is 6.92 Å². The summed E-state index contributed by atoms with van der Waals surface area (Å²) in [4.78, 5) is 51.1. The number of ketones is 2. The topological polar surface area (TPSA) is 141 Å². The number of hydrogen-bond acceptors (Lipinski definition) is 8. The second-order valence-corrected chi connectivity index (χ2v) is 12.7. The van der Waals surface area contributed by atoms with E-state index in [0.717, 1.165) is 25.1 Å². The highest BCUT2D eigenvalue weighted by Gasteiger charge is 2.45. The van der Waals surface area contributed by atoms with Crippen LogP contribution < -0.4 is 11.1 Å². The summed E-state index contributed by atoms with van der Waals surface area (Å²) in [5.74, 6) is -1.59. The van der Waals surface area contributed by atoms with E-state index in [1.165, 1.54) is 47.5 Å². The Bertz CT molecular complexity index is 1750. The lowest BCUT2D eigenvalue weighted by molar-refractivity contribution is -0.173. The lowest BCUT2D eigenvalue weighted by Gasteiger charge is -2.15. The molecule has 0 radical (unpaired) electrons. The molecule has 2 heterocycles. The zero-order valence-corrected chi connectivity index (χ0v) is 26.8. The fraction of sp³-hybridized carbons (Fsp3) is 0.361. The predicted molar refractivity (Wildman–Crippen MR) is 172 cm³/mol. The maximum absolute atomic E-state index is 12.1. The minimum Gasteiger partial charge on any atom is -0.341 e. The summed E-state index contributed by atoms with van der Waals surface area (Å²) < 4.78 is 36.4. The van der Waals surface area contributed by atoms with Crippen molar-refractivity contribution in [3.8, 4) is 0 Å². The number of hydrogen-bond donors (Lipinski definition) is 2. The quantitative estimate of drug-likeness (QED) is 0.212. The molecule has 0 spiro atoms. The van der Waals surface area contributed by atoms with Crippen LogP contribution in [0.15, 0.2) is 73.3 Å². The summed E-state index contributed by atoms with van der Waals surface area (Å²) in [6.07, 6.45) is 6.59. The van der Waals surface area contributed by atoms with Gasteiger partial charge in [-0.2, -0.15) is 13.2 Å². The first-order chi connectivity index (χ1) is 22.8. The molecular weight excluding hydrogens is 621 g/mol. The fourth-order valence-corrected chi connectivity index (χ4v) is 5.52. The number of nitrogens with zero attached hydrogens (tertiary/aromatic N) is 4. The van der Waals surface area contributed by atoms with Gasteiger partial charge in [-0.15, -0.1) is 0 Å². The third-order valence-electron chi connectivity index (χ3n) is 8.93. The first-order valence-electron chi connectivity index (χ1n) is 15.7. The van der Waals surface area contributed by atoms with Crippen LogP contribution in [-0.2, 0) is 28.5 Å². The Morgan fingerprint density at radius 2 is 1.06 bits per heavy atom. The van der Waals surface area contributed by atoms with E-state index >= 15 is 0 Å². The van der Waals surface area contributed by atoms with Gasteiger partial charge in [-0.3, -0.25) is 14.4 Å². The average Bonchev–Trinajstić information content (AvgIpc) is 4.02. The lowest BCUT2D eigenvalue weighted by atomic mass is 9.91. The number of carbonyl (C=O) groups excluding carboxylic acids is 3. The van der Waals surface area contributed by atoms with Crippen LogP contribution in [0.4, 0.5) is 13.2 Å². The third kappa shape index (κ3) is 8.54. The Kier molecular flexibility index (Phi) is 10.1. The van der Waals surface area contributed by atoms with Crippen molar-refractivity contribution in [2.24, 2.45) is 5.73 Å². The smallest absolute Gasteiger partial charge is 0.341 e. The van der Waals surface area contributed by atoms with Crippen molar-refractivity contribution in [2.45, 2.75) is 69.4 Å². The summed E-state index contributed by atoms with van der Waals surface area (Å²) in [7, 11) is 0. The predicted octanol–water partition coefficient (Wildman–Crippen LogP) is 5.12. The zero-order chi connectivity index (χ0) is 34.5. The van der Waals surface area contributed by atoms with Gasteiger partial charge in [0.25, 0.3) is 0 Å². The van der Waals surface area contributed by atoms with Gasteiger partial charge in [0, 0.05) is 48.5 Å². The van der Waals surface area contributed by atoms with Crippen molar-refractivity contribution in [1.29, 1.82) is 0 Å². The number of rotatable bonds is 11. The number of halogens is 3. The monoisotopic (exact) mass is 658 g/mol. The SMILES string of the molecule is Cc1ccc(C2(Cc3ncc(C(=O)CN)cn3)CC2)cc1.Cc1ccc(C2(Cc3ncc(C(=O)CNC(=O)C(F)(F)F)cn3)CC2)cc1. The van der Waals surface area contributed by atoms with Gasteiger partial charge >= 0.3 is 12.1 Å². The molecule has 3 N–H and O–H groups in total. The van der Waals surface area contributed by atoms with Gasteiger partial charge in [0.1, 0.15) is 11.6 Å². The number of nitrogens with two attached hydrogens (primary N) is 1. The normalized spacial score (nSPS) is 15.5. The highest BCUT2D eigenvalue weighted by molar-refractivity contribution is 5.99. The number of aromatic nitrogens is 4. The molecule has 2 aliphatic carbocycles. The molecule has 2 saturated carbocycles. The Morgan fingerprint density at radius 3 is 1.40 bits per heavy atom. The average molecular weight is 659 g/mol. The highest BCUT2D eigenvalue weighted by Crippen LogP contribution is 2.51. The molecule has 2 aliphatic rings. The van der Waals surface area contributed by atoms with Gasteiger partial charge in [-0.05, 0) is 50.7 Å². The molecule has 2 fully saturated rings. The van der Waals surface area contributed by atoms with Crippen LogP contribution in [0.1, 0.15) is 80.3 Å². The van der Waals surface area contributed by atoms with E-state index in [1.54, 1.807) is 17.7 Å². The van der Waals surface area contributed by atoms with Crippen molar-refractivity contribution >= 4 is 17.5 Å². The number of alkyl halides is 3. The Hall–Kier alpha value is -4.84. The van der Waals surface area contributed by atoms with Crippen LogP contribution in [-0.4, -0.2) is 56.7 Å². The van der Waals surface area contributed by atoms with Gasteiger partial charge in [0.05, 0.1) is 24.2 Å². The molecule has 0 saturated heterocycles. The minimum absolute atomic E-state index is 0.00396. The Balaban J connectivity index is 0.000000194. The van der Waals surface area contributed by atoms with Crippen molar-refractivity contribution < 1.29 is 27.6 Å². The van der Waals surface area contributed by atoms with Crippen molar-refractivity contribution in [3.05, 3.63) is 118 Å². The van der Waals surface area contributed by atoms with E-state index in [4.69, 9.17) is 5.73 Å². The van der Waals surface area contributed by atoms with E-state index in [9.17, 15) is 27.6 Å². The molecule has 0 atom stereocenters. The maximum atomic E-state index is 12.1. The molecule has 0 unspecified atom stereocenters. The lowest BCUT2D eigenvalue weighted by Crippen LogP contribution is -2.39. The van der Waals surface area contributed by atoms with Crippen LogP contribution in [0.3, 0.4) is 0 Å². The van der Waals surface area contributed by atoms with Gasteiger partial charge in [0.15, 0.2) is 11.6 Å². The number of nitrogens with one attached hydrogen (secondary N) is 1. The van der Waals surface area contributed by atoms with Crippen LogP contribution >= 0.6 is 0 Å². The summed E-state index contributed by atoms with van der Waals surface area (Å²) in [6.45, 7) is 3.36. The van der Waals surface area contributed by atoms with Crippen molar-refractivity contribution in [2.75, 3.05) is 13.1 Å². The number of aryl methyl sites for hydroxylation is 2. The highest BCUT2D eigenvalue weighted by atomic mass is 19.4. The number of benzene rings is 2. The fourth-order valence-electron chi connectivity index (χ4n) is 5.52. The molecule has 9 nitrogen and oxygen atoms in total. The van der Waals surface area contributed by atoms with Crippen LogP contribution in [0.2, 0.25) is 0 Å². The first-order valence-corrected chi connectivity index (χ1v) is 15.7. The summed E-state index contributed by atoms with van der Waals surface area (Å²) in [5.41, 5.74) is 11.1. The molecule has 6 rings (SSSR count). The van der Waals surface area contributed by atoms with Crippen LogP contribution in [0, 0.1) is 13.8 Å². The van der Waals surface area contributed by atoms with E-state index < -0.39 is 24.4 Å². The molecule has 0 aliphatic heterocycles. The van der Waals surface area contributed by atoms with Gasteiger partial charge in [-0.1, -0.05) is 59.7 Å².